The molecule has 6 nitrogen and oxygen atoms in total. The van der Waals surface area contributed by atoms with Crippen molar-refractivity contribution in [2.75, 3.05) is 18.1 Å². The number of carbonyl (C=O) groups is 1. The molecule has 2 aliphatic rings. The summed E-state index contributed by atoms with van der Waals surface area (Å²) >= 11 is 12.0. The van der Waals surface area contributed by atoms with Crippen LogP contribution in [0.3, 0.4) is 0 Å². The number of benzene rings is 2. The third kappa shape index (κ3) is 3.62. The number of esters is 1. The van der Waals surface area contributed by atoms with Crippen molar-refractivity contribution in [1.29, 1.82) is 0 Å². The van der Waals surface area contributed by atoms with Gasteiger partial charge in [0.05, 0.1) is 12.6 Å². The fraction of sp³-hybridized carbons (Fsp3) is 0.304. The largest absolute Gasteiger partial charge is 0.490 e. The molecule has 3 atom stereocenters. The normalized spacial score (nSPS) is 23.8. The Morgan fingerprint density at radius 2 is 2.16 bits per heavy atom. The number of para-hydroxylation sites is 1. The number of rotatable bonds is 6. The van der Waals surface area contributed by atoms with Gasteiger partial charge >= 0.3 is 5.97 Å². The number of thiocarbonyl (C=S) groups is 1. The molecule has 0 spiro atoms. The summed E-state index contributed by atoms with van der Waals surface area (Å²) in [6, 6.07) is 12.4. The Kier molecular flexibility index (Phi) is 5.81. The van der Waals surface area contributed by atoms with Crippen LogP contribution in [0, 0.1) is 5.92 Å². The van der Waals surface area contributed by atoms with Crippen LogP contribution in [0.4, 0.5) is 5.69 Å². The monoisotopic (exact) mass is 458 g/mol. The van der Waals surface area contributed by atoms with Crippen LogP contribution in [0.15, 0.2) is 55.1 Å². The van der Waals surface area contributed by atoms with Gasteiger partial charge in [0.25, 0.3) is 0 Å². The van der Waals surface area contributed by atoms with Crippen LogP contribution in [-0.2, 0) is 9.53 Å². The van der Waals surface area contributed by atoms with E-state index in [1.807, 2.05) is 44.2 Å². The summed E-state index contributed by atoms with van der Waals surface area (Å²) in [6.45, 7) is 7.96. The van der Waals surface area contributed by atoms with Crippen molar-refractivity contribution in [2.24, 2.45) is 5.92 Å². The molecule has 2 aliphatic heterocycles. The van der Waals surface area contributed by atoms with E-state index in [9.17, 15) is 4.79 Å². The van der Waals surface area contributed by atoms with Gasteiger partial charge in [-0.05, 0) is 50.3 Å². The number of ether oxygens (including phenoxy) is 3. The predicted octanol–water partition coefficient (Wildman–Crippen LogP) is 4.63. The van der Waals surface area contributed by atoms with Crippen molar-refractivity contribution >= 4 is 40.6 Å². The number of nitrogens with one attached hydrogen (secondary N) is 1. The first-order valence-electron chi connectivity index (χ1n) is 9.99. The lowest BCUT2D eigenvalue weighted by molar-refractivity contribution is -0.159. The zero-order valence-corrected chi connectivity index (χ0v) is 18.8. The van der Waals surface area contributed by atoms with Crippen molar-refractivity contribution < 1.29 is 19.0 Å². The number of anilines is 1. The van der Waals surface area contributed by atoms with Gasteiger partial charge in [0.1, 0.15) is 12.5 Å². The van der Waals surface area contributed by atoms with Gasteiger partial charge in [-0.15, -0.1) is 0 Å². The van der Waals surface area contributed by atoms with Gasteiger partial charge in [0, 0.05) is 16.3 Å². The number of halogens is 1. The molecule has 0 unspecified atom stereocenters. The molecule has 0 amide bonds. The van der Waals surface area contributed by atoms with E-state index in [1.165, 1.54) is 6.08 Å². The Morgan fingerprint density at radius 1 is 1.39 bits per heavy atom. The second-order valence-corrected chi connectivity index (χ2v) is 8.23. The summed E-state index contributed by atoms with van der Waals surface area (Å²) in [5, 5.41) is 4.30. The molecule has 2 heterocycles. The van der Waals surface area contributed by atoms with Gasteiger partial charge in [-0.1, -0.05) is 42.5 Å². The zero-order valence-electron chi connectivity index (χ0n) is 17.3. The summed E-state index contributed by atoms with van der Waals surface area (Å²) in [7, 11) is 0. The molecule has 2 bridgehead atoms. The summed E-state index contributed by atoms with van der Waals surface area (Å²) in [4.78, 5) is 15.0. The topological polar surface area (TPSA) is 60.0 Å². The minimum Gasteiger partial charge on any atom is -0.490 e. The Balaban J connectivity index is 1.89. The summed E-state index contributed by atoms with van der Waals surface area (Å²) < 4.78 is 17.8. The molecule has 0 radical (unpaired) electrons. The minimum atomic E-state index is -1.18. The van der Waals surface area contributed by atoms with Gasteiger partial charge in [0.15, 0.2) is 16.6 Å². The Labute approximate surface area is 191 Å². The highest BCUT2D eigenvalue weighted by molar-refractivity contribution is 7.80. The lowest BCUT2D eigenvalue weighted by Crippen LogP contribution is -2.71. The average molecular weight is 459 g/mol. The molecular formula is C23H23ClN2O4S. The van der Waals surface area contributed by atoms with E-state index in [0.717, 1.165) is 5.56 Å². The van der Waals surface area contributed by atoms with Gasteiger partial charge < -0.3 is 19.5 Å². The highest BCUT2D eigenvalue weighted by Crippen LogP contribution is 2.52. The molecule has 1 fully saturated rings. The summed E-state index contributed by atoms with van der Waals surface area (Å²) in [6.07, 6.45) is 1.54. The van der Waals surface area contributed by atoms with E-state index in [1.54, 1.807) is 17.0 Å². The molecule has 8 heteroatoms. The quantitative estimate of drug-likeness (QED) is 0.384. The van der Waals surface area contributed by atoms with Gasteiger partial charge in [-0.3, -0.25) is 9.69 Å². The first-order valence-corrected chi connectivity index (χ1v) is 10.8. The molecule has 162 valence electrons. The van der Waals surface area contributed by atoms with E-state index >= 15 is 0 Å². The van der Waals surface area contributed by atoms with E-state index < -0.39 is 23.7 Å². The number of fused-ring (bicyclic) bond motifs is 4. The van der Waals surface area contributed by atoms with Crippen molar-refractivity contribution in [3.05, 3.63) is 65.7 Å². The van der Waals surface area contributed by atoms with Crippen LogP contribution in [-0.4, -0.2) is 30.0 Å². The number of hydrogen-bond donors (Lipinski definition) is 1. The molecule has 31 heavy (non-hydrogen) atoms. The highest BCUT2D eigenvalue weighted by atomic mass is 35.5. The van der Waals surface area contributed by atoms with Crippen molar-refractivity contribution in [3.63, 3.8) is 0 Å². The predicted molar refractivity (Wildman–Crippen MR) is 124 cm³/mol. The van der Waals surface area contributed by atoms with Crippen molar-refractivity contribution in [3.8, 4) is 11.5 Å². The molecule has 4 rings (SSSR count). The maximum atomic E-state index is 13.2. The number of carbonyl (C=O) groups excluding carboxylic acids is 1. The molecule has 2 aromatic rings. The SMILES string of the molecule is C=CCOC(=O)[C@@H]1[C@H]2NC(=S)N(c3cccc(Cl)c3)[C@@]1(C)Oc1c(OCC)cccc12. The Morgan fingerprint density at radius 3 is 2.87 bits per heavy atom. The second kappa shape index (κ2) is 8.40. The minimum absolute atomic E-state index is 0.103. The molecule has 0 aromatic heterocycles. The van der Waals surface area contributed by atoms with Crippen LogP contribution in [0.2, 0.25) is 5.02 Å². The maximum Gasteiger partial charge on any atom is 0.317 e. The fourth-order valence-electron chi connectivity index (χ4n) is 4.23. The average Bonchev–Trinajstić information content (AvgIpc) is 2.72. The van der Waals surface area contributed by atoms with Crippen LogP contribution in [0.5, 0.6) is 11.5 Å². The number of hydrogen-bond acceptors (Lipinski definition) is 5. The first-order chi connectivity index (χ1) is 14.9. The number of nitrogens with zero attached hydrogens (tertiary/aromatic N) is 1. The van der Waals surface area contributed by atoms with Gasteiger partial charge in [0.2, 0.25) is 5.72 Å². The summed E-state index contributed by atoms with van der Waals surface area (Å²) in [5.74, 6) is 0.0471. The summed E-state index contributed by atoms with van der Waals surface area (Å²) in [5.41, 5.74) is 0.303. The Hall–Kier alpha value is -2.77. The smallest absolute Gasteiger partial charge is 0.317 e. The van der Waals surface area contributed by atoms with Crippen molar-refractivity contribution in [2.45, 2.75) is 25.6 Å². The van der Waals surface area contributed by atoms with Gasteiger partial charge in [-0.25, -0.2) is 0 Å². The third-order valence-corrected chi connectivity index (χ3v) is 5.99. The van der Waals surface area contributed by atoms with Crippen LogP contribution in [0.1, 0.15) is 25.5 Å². The molecule has 0 aliphatic carbocycles. The third-order valence-electron chi connectivity index (χ3n) is 5.45. The lowest BCUT2D eigenvalue weighted by Gasteiger charge is -2.55. The van der Waals surface area contributed by atoms with E-state index in [0.29, 0.717) is 33.9 Å². The Bertz CT molecular complexity index is 1050. The van der Waals surface area contributed by atoms with Crippen LogP contribution < -0.4 is 19.7 Å². The fourth-order valence-corrected chi connectivity index (χ4v) is 4.83. The van der Waals surface area contributed by atoms with Gasteiger partial charge in [-0.2, -0.15) is 0 Å². The highest BCUT2D eigenvalue weighted by Gasteiger charge is 2.60. The second-order valence-electron chi connectivity index (χ2n) is 7.40. The van der Waals surface area contributed by atoms with E-state index in [-0.39, 0.29) is 6.61 Å². The molecule has 2 aromatic carbocycles. The molecule has 1 saturated heterocycles. The standard InChI is InChI=1S/C23H23ClN2O4S/c1-4-12-29-21(27)18-19-16-10-7-11-17(28-5-2)20(16)30-23(18,3)26(22(31)25-19)15-9-6-8-14(24)13-15/h4,6-11,13,18-19H,1,5,12H2,2-3H3,(H,25,31)/t18-,19-,23-/m0/s1. The molecule has 1 N–H and O–H groups in total. The first kappa shape index (κ1) is 21.5. The zero-order chi connectivity index (χ0) is 22.2. The van der Waals surface area contributed by atoms with Crippen molar-refractivity contribution in [1.82, 2.24) is 5.32 Å². The van der Waals surface area contributed by atoms with Crippen LogP contribution >= 0.6 is 23.8 Å². The lowest BCUT2D eigenvalue weighted by atomic mass is 9.79. The van der Waals surface area contributed by atoms with E-state index in [4.69, 9.17) is 38.0 Å². The van der Waals surface area contributed by atoms with E-state index in [2.05, 4.69) is 11.9 Å². The van der Waals surface area contributed by atoms with Crippen LogP contribution in [0.25, 0.3) is 0 Å². The molecular weight excluding hydrogens is 436 g/mol. The molecule has 0 saturated carbocycles. The maximum absolute atomic E-state index is 13.2.